The maximum Gasteiger partial charge on any atom is 0.331 e. The fourth-order valence-electron chi connectivity index (χ4n) is 3.31. The molecule has 0 aromatic heterocycles. The molecule has 0 saturated carbocycles. The Morgan fingerprint density at radius 1 is 1.03 bits per heavy atom. The van der Waals surface area contributed by atoms with Crippen LogP contribution in [0.1, 0.15) is 39.5 Å². The number of nitrogens with one attached hydrogen (secondary N) is 1. The fraction of sp³-hybridized carbons (Fsp3) is 0.120. The summed E-state index contributed by atoms with van der Waals surface area (Å²) in [5.41, 5.74) is 6.71. The average Bonchev–Trinajstić information content (AvgIpc) is 3.12. The number of likely N-dealkylation sites (N-methyl/N-ethyl adjacent to an activating group) is 1. The van der Waals surface area contributed by atoms with Gasteiger partial charge < -0.3 is 4.74 Å². The number of amides is 2. The van der Waals surface area contributed by atoms with Gasteiger partial charge in [-0.25, -0.2) is 10.2 Å². The predicted molar refractivity (Wildman–Crippen MR) is 131 cm³/mol. The first-order valence-corrected chi connectivity index (χ1v) is 11.1. The number of hydrogen-bond donors (Lipinski definition) is 1. The molecule has 1 fully saturated rings. The lowest BCUT2D eigenvalue weighted by molar-refractivity contribution is -0.135. The molecule has 1 N–H and O–H groups in total. The molecule has 33 heavy (non-hydrogen) atoms. The van der Waals surface area contributed by atoms with Gasteiger partial charge >= 0.3 is 5.97 Å². The Morgan fingerprint density at radius 3 is 2.33 bits per heavy atom. The van der Waals surface area contributed by atoms with Crippen molar-refractivity contribution in [2.24, 2.45) is 5.10 Å². The number of methoxy groups -OCH3 is 1. The van der Waals surface area contributed by atoms with E-state index in [2.05, 4.69) is 15.3 Å². The van der Waals surface area contributed by atoms with Crippen molar-refractivity contribution in [1.82, 2.24) is 10.3 Å². The van der Waals surface area contributed by atoms with Gasteiger partial charge in [0.1, 0.15) is 0 Å². The lowest BCUT2D eigenvalue weighted by Gasteiger charge is -2.12. The molecule has 0 atom stereocenters. The monoisotopic (exact) mass is 459 g/mol. The lowest BCUT2D eigenvalue weighted by Crippen LogP contribution is -2.31. The van der Waals surface area contributed by atoms with E-state index in [4.69, 9.17) is 0 Å². The number of thioether (sulfide) groups is 1. The molecule has 1 heterocycles. The zero-order valence-corrected chi connectivity index (χ0v) is 18.9. The third kappa shape index (κ3) is 4.96. The van der Waals surface area contributed by atoms with Crippen molar-refractivity contribution in [3.8, 4) is 0 Å². The van der Waals surface area contributed by atoms with Gasteiger partial charge in [0, 0.05) is 18.2 Å². The summed E-state index contributed by atoms with van der Waals surface area (Å²) in [6.07, 6.45) is 8.88. The molecular weight excluding hydrogens is 438 g/mol. The van der Waals surface area contributed by atoms with Crippen LogP contribution < -0.4 is 5.43 Å². The number of esters is 1. The summed E-state index contributed by atoms with van der Waals surface area (Å²) in [6.45, 7) is 2.12. The van der Waals surface area contributed by atoms with Crippen LogP contribution in [-0.2, 0) is 14.3 Å². The molecule has 0 spiro atoms. The second-order valence-corrected chi connectivity index (χ2v) is 8.21. The molecule has 4 aliphatic carbocycles. The predicted octanol–water partition coefficient (Wildman–Crippen LogP) is 3.99. The number of hydrogen-bond acceptors (Lipinski definition) is 6. The number of carbonyl (C=O) groups excluding carboxylic acids is 3. The van der Waals surface area contributed by atoms with Crippen LogP contribution in [0.4, 0.5) is 0 Å². The minimum absolute atomic E-state index is 0.188. The molecule has 2 aromatic rings. The summed E-state index contributed by atoms with van der Waals surface area (Å²) < 4.78 is 4.60. The number of hydrazone groups is 1. The highest BCUT2D eigenvalue weighted by Gasteiger charge is 2.33. The number of ether oxygens (including phenoxy) is 1. The van der Waals surface area contributed by atoms with E-state index in [1.165, 1.54) is 12.0 Å². The Morgan fingerprint density at radius 2 is 1.67 bits per heavy atom. The van der Waals surface area contributed by atoms with Crippen molar-refractivity contribution < 1.29 is 19.1 Å². The SMILES string of the molecule is CCN1C(=O)/C(=C/C(=O)OC)S/C1=N\NC(=O)c1cc2ccc1/C=C\c1ccc(cc1)/C=C\2. The molecule has 7 nitrogen and oxygen atoms in total. The third-order valence-corrected chi connectivity index (χ3v) is 6.10. The first kappa shape index (κ1) is 22.3. The second kappa shape index (κ2) is 9.70. The minimum Gasteiger partial charge on any atom is -0.466 e. The lowest BCUT2D eigenvalue weighted by atomic mass is 10.00. The van der Waals surface area contributed by atoms with Crippen LogP contribution in [0.3, 0.4) is 0 Å². The average molecular weight is 460 g/mol. The number of benzene rings is 2. The van der Waals surface area contributed by atoms with Crippen LogP contribution in [0.25, 0.3) is 24.3 Å². The molecule has 0 radical (unpaired) electrons. The summed E-state index contributed by atoms with van der Waals surface area (Å²) >= 11 is 1.01. The van der Waals surface area contributed by atoms with E-state index in [1.807, 2.05) is 60.7 Å². The van der Waals surface area contributed by atoms with Crippen LogP contribution in [0.5, 0.6) is 0 Å². The molecule has 1 saturated heterocycles. The van der Waals surface area contributed by atoms with Gasteiger partial charge in [0.2, 0.25) is 0 Å². The maximum absolute atomic E-state index is 13.0. The molecule has 4 bridgehead atoms. The van der Waals surface area contributed by atoms with E-state index in [9.17, 15) is 14.4 Å². The highest BCUT2D eigenvalue weighted by molar-refractivity contribution is 8.18. The van der Waals surface area contributed by atoms with Crippen molar-refractivity contribution in [2.45, 2.75) is 6.92 Å². The number of amidine groups is 1. The van der Waals surface area contributed by atoms with Gasteiger partial charge in [-0.05, 0) is 47.0 Å². The van der Waals surface area contributed by atoms with Gasteiger partial charge in [0.15, 0.2) is 5.17 Å². The van der Waals surface area contributed by atoms with Crippen LogP contribution in [0, 0.1) is 0 Å². The van der Waals surface area contributed by atoms with E-state index in [-0.39, 0.29) is 16.0 Å². The van der Waals surface area contributed by atoms with E-state index < -0.39 is 11.9 Å². The molecule has 7 rings (SSSR count). The third-order valence-electron chi connectivity index (χ3n) is 5.09. The normalized spacial score (nSPS) is 18.8. The number of rotatable bonds is 4. The van der Waals surface area contributed by atoms with Crippen molar-refractivity contribution >= 4 is 59.0 Å². The molecule has 1 aliphatic heterocycles. The fourth-order valence-corrected chi connectivity index (χ4v) is 4.27. The Kier molecular flexibility index (Phi) is 6.55. The van der Waals surface area contributed by atoms with Crippen molar-refractivity contribution in [3.63, 3.8) is 0 Å². The molecule has 2 aromatic carbocycles. The standard InChI is InChI=1S/C25H21N3O4S/c1-3-28-24(31)21(15-22(29)32-2)33-25(28)27-26-23(30)20-14-18-9-8-16-4-6-17(7-5-16)10-12-19(20)13-11-18/h4-15H,3H2,1-2H3,(H,26,30)/b9-8-,12-10-,16-8?,17-10?,18-9?,19-12?,21-15-,27-25-. The van der Waals surface area contributed by atoms with Crippen molar-refractivity contribution in [2.75, 3.05) is 13.7 Å². The van der Waals surface area contributed by atoms with Gasteiger partial charge in [-0.15, -0.1) is 5.10 Å². The van der Waals surface area contributed by atoms with E-state index >= 15 is 0 Å². The van der Waals surface area contributed by atoms with Gasteiger partial charge in [0.05, 0.1) is 12.0 Å². The van der Waals surface area contributed by atoms with Gasteiger partial charge in [-0.1, -0.05) is 60.7 Å². The molecule has 5 aliphatic rings. The quantitative estimate of drug-likeness (QED) is 0.362. The van der Waals surface area contributed by atoms with Crippen LogP contribution in [0.15, 0.2) is 58.5 Å². The zero-order valence-electron chi connectivity index (χ0n) is 18.1. The zero-order chi connectivity index (χ0) is 23.4. The first-order valence-electron chi connectivity index (χ1n) is 10.3. The van der Waals surface area contributed by atoms with Crippen LogP contribution >= 0.6 is 11.8 Å². The summed E-state index contributed by atoms with van der Waals surface area (Å²) in [6, 6.07) is 13.7. The van der Waals surface area contributed by atoms with Gasteiger partial charge in [0.25, 0.3) is 11.8 Å². The smallest absolute Gasteiger partial charge is 0.331 e. The summed E-state index contributed by atoms with van der Waals surface area (Å²) in [5.74, 6) is -1.40. The summed E-state index contributed by atoms with van der Waals surface area (Å²) in [4.78, 5) is 38.7. The first-order chi connectivity index (χ1) is 16.0. The van der Waals surface area contributed by atoms with Crippen molar-refractivity contribution in [3.05, 3.63) is 81.3 Å². The number of nitrogens with zero attached hydrogens (tertiary/aromatic N) is 2. The van der Waals surface area contributed by atoms with Crippen LogP contribution in [-0.4, -0.2) is 41.5 Å². The molecule has 2 amide bonds. The molecule has 8 heteroatoms. The molecule has 166 valence electrons. The maximum atomic E-state index is 13.0. The minimum atomic E-state index is -0.629. The Hall–Kier alpha value is -3.91. The Balaban J connectivity index is 1.61. The molecule has 0 unspecified atom stereocenters. The topological polar surface area (TPSA) is 88.1 Å². The molecular formula is C25H21N3O4S. The highest BCUT2D eigenvalue weighted by atomic mass is 32.2. The largest absolute Gasteiger partial charge is 0.466 e. The summed E-state index contributed by atoms with van der Waals surface area (Å²) in [5, 5.41) is 4.45. The highest BCUT2D eigenvalue weighted by Crippen LogP contribution is 2.30. The Labute approximate surface area is 195 Å². The van der Waals surface area contributed by atoms with Crippen molar-refractivity contribution in [1.29, 1.82) is 0 Å². The van der Waals surface area contributed by atoms with Gasteiger partial charge in [-0.3, -0.25) is 14.5 Å². The van der Waals surface area contributed by atoms with Crippen LogP contribution in [0.2, 0.25) is 0 Å². The Bertz CT molecular complexity index is 1240. The van der Waals surface area contributed by atoms with E-state index in [1.54, 1.807) is 13.0 Å². The van der Waals surface area contributed by atoms with Gasteiger partial charge in [-0.2, -0.15) is 0 Å². The number of carbonyl (C=O) groups is 3. The van der Waals surface area contributed by atoms with E-state index in [0.717, 1.165) is 40.1 Å². The second-order valence-electron chi connectivity index (χ2n) is 7.20. The summed E-state index contributed by atoms with van der Waals surface area (Å²) in [7, 11) is 1.24. The van der Waals surface area contributed by atoms with E-state index in [0.29, 0.717) is 12.1 Å².